The molecule has 3 nitrogen and oxygen atoms in total. The van der Waals surface area contributed by atoms with Crippen LogP contribution in [-0.4, -0.2) is 32.6 Å². The van der Waals surface area contributed by atoms with Gasteiger partial charge >= 0.3 is 0 Å². The van der Waals surface area contributed by atoms with Crippen LogP contribution in [0.15, 0.2) is 15.9 Å². The van der Waals surface area contributed by atoms with Gasteiger partial charge in [-0.3, -0.25) is 0 Å². The molecule has 0 spiro atoms. The van der Waals surface area contributed by atoms with E-state index in [1.165, 1.54) is 8.66 Å². The van der Waals surface area contributed by atoms with E-state index >= 15 is 0 Å². The van der Waals surface area contributed by atoms with Crippen LogP contribution in [0.1, 0.15) is 11.3 Å². The van der Waals surface area contributed by atoms with Crippen molar-refractivity contribution >= 4 is 27.3 Å². The minimum absolute atomic E-state index is 0.0270. The summed E-state index contributed by atoms with van der Waals surface area (Å²) < 4.78 is 12.1. The molecule has 1 aromatic rings. The summed E-state index contributed by atoms with van der Waals surface area (Å²) in [5.41, 5.74) is 0. The van der Waals surface area contributed by atoms with Crippen LogP contribution in [0.4, 0.5) is 0 Å². The van der Waals surface area contributed by atoms with E-state index in [1.54, 1.807) is 11.3 Å². The van der Waals surface area contributed by atoms with Crippen molar-refractivity contribution in [2.45, 2.75) is 25.2 Å². The average Bonchev–Trinajstić information content (AvgIpc) is 2.89. The molecular formula is C11H16BrNO2S. The van der Waals surface area contributed by atoms with Gasteiger partial charge in [-0.15, -0.1) is 11.3 Å². The molecule has 1 saturated heterocycles. The summed E-state index contributed by atoms with van der Waals surface area (Å²) in [4.78, 5) is 1.38. The lowest BCUT2D eigenvalue weighted by Crippen LogP contribution is -2.31. The zero-order valence-electron chi connectivity index (χ0n) is 9.24. The highest BCUT2D eigenvalue weighted by atomic mass is 79.9. The van der Waals surface area contributed by atoms with Gasteiger partial charge in [0.1, 0.15) is 0 Å². The summed E-state index contributed by atoms with van der Waals surface area (Å²) in [6, 6.07) is 4.67. The van der Waals surface area contributed by atoms with Crippen molar-refractivity contribution in [3.8, 4) is 0 Å². The molecule has 5 heteroatoms. The monoisotopic (exact) mass is 305 g/mol. The lowest BCUT2D eigenvalue weighted by Gasteiger charge is -2.18. The van der Waals surface area contributed by atoms with Crippen LogP contribution in [-0.2, 0) is 15.9 Å². The van der Waals surface area contributed by atoms with Gasteiger partial charge in [0.15, 0.2) is 6.29 Å². The Bertz CT molecular complexity index is 326. The molecule has 0 aromatic carbocycles. The average molecular weight is 306 g/mol. The molecule has 0 aliphatic carbocycles. The molecule has 0 bridgehead atoms. The first-order valence-electron chi connectivity index (χ1n) is 5.42. The first kappa shape index (κ1) is 12.5. The molecule has 1 atom stereocenters. The number of halogens is 1. The lowest BCUT2D eigenvalue weighted by atomic mass is 10.1. The number of hydrogen-bond acceptors (Lipinski definition) is 4. The summed E-state index contributed by atoms with van der Waals surface area (Å²) in [5, 5.41) is 3.32. The highest BCUT2D eigenvalue weighted by Gasteiger charge is 2.21. The minimum atomic E-state index is -0.0270. The number of nitrogens with one attached hydrogen (secondary N) is 1. The van der Waals surface area contributed by atoms with Crippen molar-refractivity contribution in [1.29, 1.82) is 0 Å². The van der Waals surface area contributed by atoms with Crippen LogP contribution in [0.3, 0.4) is 0 Å². The Morgan fingerprint density at radius 3 is 2.81 bits per heavy atom. The van der Waals surface area contributed by atoms with Crippen molar-refractivity contribution in [3.63, 3.8) is 0 Å². The third-order valence-corrected chi connectivity index (χ3v) is 4.30. The van der Waals surface area contributed by atoms with Gasteiger partial charge in [-0.1, -0.05) is 0 Å². The Kier molecular flexibility index (Phi) is 4.79. The van der Waals surface area contributed by atoms with E-state index in [1.807, 2.05) is 7.05 Å². The van der Waals surface area contributed by atoms with E-state index in [9.17, 15) is 0 Å². The maximum atomic E-state index is 5.46. The Morgan fingerprint density at radius 2 is 2.25 bits per heavy atom. The molecule has 2 heterocycles. The van der Waals surface area contributed by atoms with Crippen LogP contribution in [0.5, 0.6) is 0 Å². The minimum Gasteiger partial charge on any atom is -0.350 e. The molecule has 1 aliphatic heterocycles. The SMILES string of the molecule is CNC(Cc1ccc(Br)s1)CC1OCCO1. The molecule has 2 rings (SSSR count). The first-order valence-corrected chi connectivity index (χ1v) is 7.03. The molecule has 1 aromatic heterocycles. The third kappa shape index (κ3) is 3.53. The maximum absolute atomic E-state index is 5.46. The number of likely N-dealkylation sites (N-methyl/N-ethyl adjacent to an activating group) is 1. The van der Waals surface area contributed by atoms with Gasteiger partial charge in [0.05, 0.1) is 17.0 Å². The fourth-order valence-electron chi connectivity index (χ4n) is 1.78. The summed E-state index contributed by atoms with van der Waals surface area (Å²) in [6.45, 7) is 1.46. The Labute approximate surface area is 108 Å². The summed E-state index contributed by atoms with van der Waals surface area (Å²) in [6.07, 6.45) is 1.91. The second-order valence-corrected chi connectivity index (χ2v) is 6.35. The molecule has 1 aliphatic rings. The molecule has 16 heavy (non-hydrogen) atoms. The van der Waals surface area contributed by atoms with E-state index < -0.39 is 0 Å². The van der Waals surface area contributed by atoms with Gasteiger partial charge in [0.25, 0.3) is 0 Å². The van der Waals surface area contributed by atoms with Crippen LogP contribution in [0, 0.1) is 0 Å². The fraction of sp³-hybridized carbons (Fsp3) is 0.636. The molecule has 0 radical (unpaired) electrons. The second kappa shape index (κ2) is 6.12. The normalized spacial score (nSPS) is 19.1. The smallest absolute Gasteiger partial charge is 0.159 e. The van der Waals surface area contributed by atoms with Gasteiger partial charge in [-0.2, -0.15) is 0 Å². The van der Waals surface area contributed by atoms with E-state index in [4.69, 9.17) is 9.47 Å². The van der Waals surface area contributed by atoms with Crippen molar-refractivity contribution in [3.05, 3.63) is 20.8 Å². The highest BCUT2D eigenvalue weighted by molar-refractivity contribution is 9.11. The fourth-order valence-corrected chi connectivity index (χ4v) is 3.35. The highest BCUT2D eigenvalue weighted by Crippen LogP contribution is 2.24. The first-order chi connectivity index (χ1) is 7.78. The largest absolute Gasteiger partial charge is 0.350 e. The number of hydrogen-bond donors (Lipinski definition) is 1. The van der Waals surface area contributed by atoms with Gasteiger partial charge in [-0.25, -0.2) is 0 Å². The summed E-state index contributed by atoms with van der Waals surface area (Å²) in [5.74, 6) is 0. The van der Waals surface area contributed by atoms with Gasteiger partial charge < -0.3 is 14.8 Å². The van der Waals surface area contributed by atoms with E-state index in [0.29, 0.717) is 6.04 Å². The van der Waals surface area contributed by atoms with Gasteiger partial charge in [-0.05, 0) is 41.5 Å². The van der Waals surface area contributed by atoms with E-state index in [-0.39, 0.29) is 6.29 Å². The predicted molar refractivity (Wildman–Crippen MR) is 68.9 cm³/mol. The Balaban J connectivity index is 1.84. The van der Waals surface area contributed by atoms with Crippen molar-refractivity contribution in [2.75, 3.05) is 20.3 Å². The summed E-state index contributed by atoms with van der Waals surface area (Å²) in [7, 11) is 1.99. The zero-order valence-corrected chi connectivity index (χ0v) is 11.6. The van der Waals surface area contributed by atoms with Crippen LogP contribution in [0.25, 0.3) is 0 Å². The standard InChI is InChI=1S/C11H16BrNO2S/c1-13-8(7-11-14-4-5-15-11)6-9-2-3-10(12)16-9/h2-3,8,11,13H,4-7H2,1H3. The molecule has 0 saturated carbocycles. The number of ether oxygens (including phenoxy) is 2. The van der Waals surface area contributed by atoms with E-state index in [2.05, 4.69) is 33.4 Å². The lowest BCUT2D eigenvalue weighted by molar-refractivity contribution is -0.0522. The quantitative estimate of drug-likeness (QED) is 0.906. The molecule has 90 valence electrons. The van der Waals surface area contributed by atoms with Gasteiger partial charge in [0.2, 0.25) is 0 Å². The molecular weight excluding hydrogens is 290 g/mol. The molecule has 1 unspecified atom stereocenters. The zero-order chi connectivity index (χ0) is 11.4. The molecule has 1 fully saturated rings. The summed E-state index contributed by atoms with van der Waals surface area (Å²) >= 11 is 5.27. The van der Waals surface area contributed by atoms with Crippen molar-refractivity contribution in [2.24, 2.45) is 0 Å². The predicted octanol–water partition coefficient (Wildman–Crippen LogP) is 2.40. The Morgan fingerprint density at radius 1 is 1.50 bits per heavy atom. The van der Waals surface area contributed by atoms with Crippen LogP contribution >= 0.6 is 27.3 Å². The number of rotatable bonds is 5. The van der Waals surface area contributed by atoms with Gasteiger partial charge in [0, 0.05) is 17.3 Å². The Hall–Kier alpha value is 0.0600. The van der Waals surface area contributed by atoms with Crippen molar-refractivity contribution in [1.82, 2.24) is 5.32 Å². The van der Waals surface area contributed by atoms with Crippen LogP contribution < -0.4 is 5.32 Å². The second-order valence-electron chi connectivity index (χ2n) is 3.80. The molecule has 0 amide bonds. The topological polar surface area (TPSA) is 30.5 Å². The molecule has 1 N–H and O–H groups in total. The number of thiophene rings is 1. The van der Waals surface area contributed by atoms with Crippen LogP contribution in [0.2, 0.25) is 0 Å². The third-order valence-electron chi connectivity index (χ3n) is 2.65. The van der Waals surface area contributed by atoms with E-state index in [0.717, 1.165) is 26.1 Å². The maximum Gasteiger partial charge on any atom is 0.159 e. The van der Waals surface area contributed by atoms with Crippen molar-refractivity contribution < 1.29 is 9.47 Å².